The van der Waals surface area contributed by atoms with Crippen molar-refractivity contribution >= 4 is 29.7 Å². The largest absolute Gasteiger partial charge is 0.481 e. The minimum atomic E-state index is -1.32. The van der Waals surface area contributed by atoms with Crippen molar-refractivity contribution in [1.29, 1.82) is 0 Å². The number of carboxylic acids is 1. The molecular weight excluding hydrogens is 775 g/mol. The molecule has 0 aliphatic carbocycles. The summed E-state index contributed by atoms with van der Waals surface area (Å²) >= 11 is 0. The lowest BCUT2D eigenvalue weighted by atomic mass is 10.0. The molecule has 0 aromatic rings. The van der Waals surface area contributed by atoms with E-state index in [-0.39, 0.29) is 44.3 Å². The van der Waals surface area contributed by atoms with Gasteiger partial charge in [-0.05, 0) is 38.5 Å². The van der Waals surface area contributed by atoms with Gasteiger partial charge in [-0.1, -0.05) is 181 Å². The third-order valence-electron chi connectivity index (χ3n) is 11.5. The minimum absolute atomic E-state index is 0.0423. The van der Waals surface area contributed by atoms with Crippen LogP contribution in [0.2, 0.25) is 0 Å². The van der Waals surface area contributed by atoms with E-state index in [2.05, 4.69) is 36.7 Å². The molecule has 0 fully saturated rings. The quantitative estimate of drug-likeness (QED) is 0.0255. The molecule has 0 spiro atoms. The molecule has 0 bridgehead atoms. The van der Waals surface area contributed by atoms with Crippen LogP contribution in [0.25, 0.3) is 0 Å². The summed E-state index contributed by atoms with van der Waals surface area (Å²) in [6, 6.07) is -1.89. The number of esters is 1. The predicted molar refractivity (Wildman–Crippen MR) is 246 cm³/mol. The molecule has 12 heteroatoms. The first-order chi connectivity index (χ1) is 29.6. The average molecular weight is 868 g/mol. The molecule has 12 nitrogen and oxygen atoms in total. The molecule has 3 amide bonds. The van der Waals surface area contributed by atoms with Gasteiger partial charge in [-0.2, -0.15) is 0 Å². The van der Waals surface area contributed by atoms with Gasteiger partial charge in [0.1, 0.15) is 12.1 Å². The van der Waals surface area contributed by atoms with Crippen LogP contribution in [0.3, 0.4) is 0 Å². The van der Waals surface area contributed by atoms with Crippen molar-refractivity contribution in [2.24, 2.45) is 0 Å². The Bertz CT molecular complexity index is 1090. The zero-order valence-electron chi connectivity index (χ0n) is 39.3. The molecule has 358 valence electrons. The summed E-state index contributed by atoms with van der Waals surface area (Å²) in [6.07, 6.45) is 30.8. The molecule has 0 unspecified atom stereocenters. The predicted octanol–water partition coefficient (Wildman–Crippen LogP) is 10.1. The van der Waals surface area contributed by atoms with Gasteiger partial charge in [0.25, 0.3) is 0 Å². The van der Waals surface area contributed by atoms with Gasteiger partial charge in [-0.15, -0.1) is 0 Å². The van der Waals surface area contributed by atoms with E-state index in [0.29, 0.717) is 25.7 Å². The van der Waals surface area contributed by atoms with Crippen molar-refractivity contribution < 1.29 is 44.0 Å². The van der Waals surface area contributed by atoms with Crippen LogP contribution in [0, 0.1) is 0 Å². The van der Waals surface area contributed by atoms with Crippen LogP contribution in [0.5, 0.6) is 0 Å². The Morgan fingerprint density at radius 1 is 0.508 bits per heavy atom. The zero-order chi connectivity index (χ0) is 45.2. The molecule has 0 heterocycles. The summed E-state index contributed by atoms with van der Waals surface area (Å²) in [5.41, 5.74) is 0. The van der Waals surface area contributed by atoms with Crippen molar-refractivity contribution in [1.82, 2.24) is 16.0 Å². The fourth-order valence-electron chi connectivity index (χ4n) is 7.74. The number of carbonyl (C=O) groups excluding carboxylic acids is 4. The van der Waals surface area contributed by atoms with Crippen molar-refractivity contribution in [3.05, 3.63) is 0 Å². The van der Waals surface area contributed by atoms with E-state index in [9.17, 15) is 39.3 Å². The molecule has 0 aliphatic rings. The van der Waals surface area contributed by atoms with Crippen LogP contribution in [-0.2, 0) is 28.7 Å². The first-order valence-electron chi connectivity index (χ1n) is 25.1. The van der Waals surface area contributed by atoms with Gasteiger partial charge in [-0.25, -0.2) is 0 Å². The van der Waals surface area contributed by atoms with Crippen LogP contribution in [0.1, 0.15) is 245 Å². The van der Waals surface area contributed by atoms with Crippen molar-refractivity contribution in [2.75, 3.05) is 13.2 Å². The molecule has 0 saturated heterocycles. The standard InChI is InChI=1S/C49H93N3O9/c1-4-7-10-13-16-19-22-25-28-33-42(54)37-45(55)51-41(40-53)32-31-36-50-49(60)44(39-47(57)58)52-46(56)38-43(34-29-26-23-20-17-14-11-8-5-2)61-48(59)35-30-27-24-21-18-15-12-9-6-3/h41-44,53-54H,4-40H2,1-3H3,(H,50,60)(H,51,55)(H,52,56)(H,57,58)/t41-,42-,43-,44-/m1/s1. The third-order valence-corrected chi connectivity index (χ3v) is 11.5. The van der Waals surface area contributed by atoms with Crippen LogP contribution < -0.4 is 16.0 Å². The molecule has 0 rings (SSSR count). The molecule has 6 N–H and O–H groups in total. The summed E-state index contributed by atoms with van der Waals surface area (Å²) < 4.78 is 5.81. The summed E-state index contributed by atoms with van der Waals surface area (Å²) in [4.78, 5) is 63.4. The Morgan fingerprint density at radius 2 is 0.951 bits per heavy atom. The number of ether oxygens (including phenoxy) is 1. The summed E-state index contributed by atoms with van der Waals surface area (Å²) in [5.74, 6) is -3.14. The number of aliphatic hydroxyl groups excluding tert-OH is 2. The number of carboxylic acid groups (broad SMARTS) is 1. The Labute approximate surface area is 371 Å². The van der Waals surface area contributed by atoms with E-state index in [4.69, 9.17) is 4.74 Å². The SMILES string of the molecule is CCCCCCCCCCCC(=O)O[C@H](CCCCCCCCCCC)CC(=O)N[C@H](CC(=O)O)C(=O)NCCC[C@H](CO)NC(=O)C[C@H](O)CCCCCCCCCCC. The van der Waals surface area contributed by atoms with Crippen LogP contribution >= 0.6 is 0 Å². The molecule has 0 saturated carbocycles. The van der Waals surface area contributed by atoms with Crippen LogP contribution in [0.15, 0.2) is 0 Å². The molecule has 0 radical (unpaired) electrons. The number of aliphatic hydroxyl groups is 2. The zero-order valence-corrected chi connectivity index (χ0v) is 39.3. The molecule has 0 aromatic carbocycles. The first-order valence-corrected chi connectivity index (χ1v) is 25.1. The van der Waals surface area contributed by atoms with E-state index in [0.717, 1.165) is 70.6 Å². The number of hydrogen-bond donors (Lipinski definition) is 6. The number of nitrogens with one attached hydrogen (secondary N) is 3. The molecule has 4 atom stereocenters. The number of rotatable bonds is 45. The number of hydrogen-bond acceptors (Lipinski definition) is 8. The van der Waals surface area contributed by atoms with E-state index in [1.165, 1.54) is 103 Å². The second-order valence-electron chi connectivity index (χ2n) is 17.6. The van der Waals surface area contributed by atoms with Gasteiger partial charge in [0.05, 0.1) is 38.0 Å². The molecular formula is C49H93N3O9. The van der Waals surface area contributed by atoms with E-state index >= 15 is 0 Å². The highest BCUT2D eigenvalue weighted by Crippen LogP contribution is 2.17. The fraction of sp³-hybridized carbons (Fsp3) is 0.898. The number of aliphatic carboxylic acids is 1. The monoisotopic (exact) mass is 868 g/mol. The van der Waals surface area contributed by atoms with Gasteiger partial charge < -0.3 is 36.0 Å². The fourth-order valence-corrected chi connectivity index (χ4v) is 7.74. The smallest absolute Gasteiger partial charge is 0.306 e. The second-order valence-corrected chi connectivity index (χ2v) is 17.6. The Balaban J connectivity index is 4.88. The maximum Gasteiger partial charge on any atom is 0.306 e. The third kappa shape index (κ3) is 38.7. The summed E-state index contributed by atoms with van der Waals surface area (Å²) in [6.45, 7) is 6.45. The van der Waals surface area contributed by atoms with Gasteiger partial charge in [0.15, 0.2) is 0 Å². The van der Waals surface area contributed by atoms with E-state index < -0.39 is 48.5 Å². The first kappa shape index (κ1) is 58.3. The van der Waals surface area contributed by atoms with Crippen LogP contribution in [0.4, 0.5) is 0 Å². The van der Waals surface area contributed by atoms with Gasteiger partial charge in [0, 0.05) is 13.0 Å². The lowest BCUT2D eigenvalue weighted by molar-refractivity contribution is -0.151. The highest BCUT2D eigenvalue weighted by Gasteiger charge is 2.26. The van der Waals surface area contributed by atoms with Crippen molar-refractivity contribution in [3.63, 3.8) is 0 Å². The Hall–Kier alpha value is -2.73. The number of amides is 3. The molecule has 0 aliphatic heterocycles. The topological polar surface area (TPSA) is 191 Å². The van der Waals surface area contributed by atoms with E-state index in [1.54, 1.807) is 0 Å². The second kappa shape index (κ2) is 42.6. The number of carbonyl (C=O) groups is 5. The Kier molecular flexibility index (Phi) is 40.7. The van der Waals surface area contributed by atoms with Crippen molar-refractivity contribution in [3.8, 4) is 0 Å². The number of unbranched alkanes of at least 4 members (excludes halogenated alkanes) is 24. The van der Waals surface area contributed by atoms with Gasteiger partial charge in [0.2, 0.25) is 17.7 Å². The van der Waals surface area contributed by atoms with Crippen LogP contribution in [-0.4, -0.2) is 82.4 Å². The summed E-state index contributed by atoms with van der Waals surface area (Å²) in [5, 5.41) is 37.7. The molecule has 61 heavy (non-hydrogen) atoms. The maximum absolute atomic E-state index is 13.2. The minimum Gasteiger partial charge on any atom is -0.481 e. The van der Waals surface area contributed by atoms with Crippen molar-refractivity contribution in [2.45, 2.75) is 270 Å². The normalized spacial score (nSPS) is 13.3. The summed E-state index contributed by atoms with van der Waals surface area (Å²) in [7, 11) is 0. The maximum atomic E-state index is 13.2. The lowest BCUT2D eigenvalue weighted by Gasteiger charge is -2.21. The lowest BCUT2D eigenvalue weighted by Crippen LogP contribution is -2.49. The molecule has 0 aromatic heterocycles. The highest BCUT2D eigenvalue weighted by molar-refractivity contribution is 5.90. The van der Waals surface area contributed by atoms with Gasteiger partial charge >= 0.3 is 11.9 Å². The van der Waals surface area contributed by atoms with E-state index in [1.807, 2.05) is 0 Å². The highest BCUT2D eigenvalue weighted by atomic mass is 16.5. The average Bonchev–Trinajstić information content (AvgIpc) is 3.22. The van der Waals surface area contributed by atoms with Gasteiger partial charge in [-0.3, -0.25) is 24.0 Å². The Morgan fingerprint density at radius 3 is 1.43 bits per heavy atom.